The van der Waals surface area contributed by atoms with Gasteiger partial charge in [-0.1, -0.05) is 60.7 Å². The molecule has 0 saturated carbocycles. The van der Waals surface area contributed by atoms with Crippen molar-refractivity contribution in [2.45, 2.75) is 25.7 Å². The first kappa shape index (κ1) is 20.1. The molecule has 3 aromatic carbocycles. The van der Waals surface area contributed by atoms with Crippen LogP contribution in [0.15, 0.2) is 95.6 Å². The molecule has 1 N–H and O–H groups in total. The van der Waals surface area contributed by atoms with Crippen molar-refractivity contribution < 1.29 is 18.7 Å². The maximum absolute atomic E-state index is 13.3. The van der Waals surface area contributed by atoms with E-state index in [2.05, 4.69) is 5.32 Å². The van der Waals surface area contributed by atoms with Crippen LogP contribution >= 0.6 is 0 Å². The van der Waals surface area contributed by atoms with Crippen molar-refractivity contribution in [2.24, 2.45) is 0 Å². The SMILES string of the molecule is O=C(NCc1cccc(COCc2ccco2)c1)C1c2ccccc2Oc2ccccc21. The van der Waals surface area contributed by atoms with Gasteiger partial charge in [0.1, 0.15) is 23.9 Å². The van der Waals surface area contributed by atoms with E-state index in [-0.39, 0.29) is 5.91 Å². The third kappa shape index (κ3) is 4.29. The van der Waals surface area contributed by atoms with Crippen LogP contribution in [0.2, 0.25) is 0 Å². The zero-order valence-corrected chi connectivity index (χ0v) is 17.5. The van der Waals surface area contributed by atoms with Crippen molar-refractivity contribution in [2.75, 3.05) is 0 Å². The van der Waals surface area contributed by atoms with Crippen LogP contribution in [0.4, 0.5) is 0 Å². The monoisotopic (exact) mass is 425 g/mol. The van der Waals surface area contributed by atoms with E-state index in [1.807, 2.05) is 84.9 Å². The van der Waals surface area contributed by atoms with Crippen LogP contribution in [0.25, 0.3) is 0 Å². The van der Waals surface area contributed by atoms with E-state index in [1.165, 1.54) is 0 Å². The van der Waals surface area contributed by atoms with E-state index in [4.69, 9.17) is 13.9 Å². The van der Waals surface area contributed by atoms with Gasteiger partial charge in [-0.3, -0.25) is 4.79 Å². The van der Waals surface area contributed by atoms with E-state index in [9.17, 15) is 4.79 Å². The molecule has 0 atom stereocenters. The standard InChI is InChI=1S/C27H23NO4/c29-27(26-22-10-1-3-12-24(22)32-25-13-4-2-11-23(25)26)28-16-19-7-5-8-20(15-19)17-30-18-21-9-6-14-31-21/h1-15,26H,16-18H2,(H,28,29). The molecule has 1 amide bonds. The number of hydrogen-bond acceptors (Lipinski definition) is 4. The second kappa shape index (κ2) is 9.12. The highest BCUT2D eigenvalue weighted by Crippen LogP contribution is 2.43. The highest BCUT2D eigenvalue weighted by Gasteiger charge is 2.32. The van der Waals surface area contributed by atoms with Crippen molar-refractivity contribution in [1.82, 2.24) is 5.32 Å². The molecule has 1 aromatic heterocycles. The van der Waals surface area contributed by atoms with Gasteiger partial charge < -0.3 is 19.2 Å². The quantitative estimate of drug-likeness (QED) is 0.422. The predicted molar refractivity (Wildman–Crippen MR) is 120 cm³/mol. The summed E-state index contributed by atoms with van der Waals surface area (Å²) in [7, 11) is 0. The average Bonchev–Trinajstić information content (AvgIpc) is 3.35. The number of ether oxygens (including phenoxy) is 2. The van der Waals surface area contributed by atoms with Crippen LogP contribution in [-0.4, -0.2) is 5.91 Å². The molecular formula is C27H23NO4. The van der Waals surface area contributed by atoms with E-state index in [1.54, 1.807) is 6.26 Å². The average molecular weight is 425 g/mol. The summed E-state index contributed by atoms with van der Waals surface area (Å²) in [5.41, 5.74) is 3.82. The number of para-hydroxylation sites is 2. The maximum atomic E-state index is 13.3. The Hall–Kier alpha value is -3.83. The van der Waals surface area contributed by atoms with Crippen molar-refractivity contribution in [3.63, 3.8) is 0 Å². The van der Waals surface area contributed by atoms with Crippen LogP contribution in [0.5, 0.6) is 11.5 Å². The van der Waals surface area contributed by atoms with Gasteiger partial charge in [-0.05, 0) is 35.4 Å². The fourth-order valence-corrected chi connectivity index (χ4v) is 3.98. The molecule has 0 aliphatic carbocycles. The van der Waals surface area contributed by atoms with Crippen LogP contribution in [0, 0.1) is 0 Å². The molecule has 0 unspecified atom stereocenters. The third-order valence-electron chi connectivity index (χ3n) is 5.49. The van der Waals surface area contributed by atoms with Gasteiger partial charge in [0.05, 0.1) is 18.8 Å². The van der Waals surface area contributed by atoms with Gasteiger partial charge in [0.2, 0.25) is 5.91 Å². The molecule has 5 nitrogen and oxygen atoms in total. The number of hydrogen-bond donors (Lipinski definition) is 1. The summed E-state index contributed by atoms with van der Waals surface area (Å²) in [5, 5.41) is 3.11. The van der Waals surface area contributed by atoms with Crippen molar-refractivity contribution >= 4 is 5.91 Å². The first-order valence-corrected chi connectivity index (χ1v) is 10.6. The Kier molecular flexibility index (Phi) is 5.73. The van der Waals surface area contributed by atoms with Gasteiger partial charge in [-0.2, -0.15) is 0 Å². The highest BCUT2D eigenvalue weighted by molar-refractivity contribution is 5.89. The minimum atomic E-state index is -0.407. The molecule has 32 heavy (non-hydrogen) atoms. The largest absolute Gasteiger partial charge is 0.467 e. The van der Waals surface area contributed by atoms with Gasteiger partial charge >= 0.3 is 0 Å². The summed E-state index contributed by atoms with van der Waals surface area (Å²) in [6.07, 6.45) is 1.64. The second-order valence-electron chi connectivity index (χ2n) is 7.72. The summed E-state index contributed by atoms with van der Waals surface area (Å²) in [4.78, 5) is 13.3. The Morgan fingerprint density at radius 2 is 1.53 bits per heavy atom. The Morgan fingerprint density at radius 1 is 0.812 bits per heavy atom. The number of carbonyl (C=O) groups is 1. The number of fused-ring (bicyclic) bond motifs is 2. The van der Waals surface area contributed by atoms with E-state index in [0.29, 0.717) is 19.8 Å². The minimum absolute atomic E-state index is 0.0485. The lowest BCUT2D eigenvalue weighted by Gasteiger charge is -2.27. The second-order valence-corrected chi connectivity index (χ2v) is 7.72. The third-order valence-corrected chi connectivity index (χ3v) is 5.49. The van der Waals surface area contributed by atoms with Crippen LogP contribution in [-0.2, 0) is 29.3 Å². The molecular weight excluding hydrogens is 402 g/mol. The Labute approximate surface area is 186 Å². The normalized spacial score (nSPS) is 12.5. The summed E-state index contributed by atoms with van der Waals surface area (Å²) in [5.74, 6) is 1.79. The van der Waals surface area contributed by atoms with Crippen molar-refractivity contribution in [1.29, 1.82) is 0 Å². The number of benzene rings is 3. The molecule has 5 heteroatoms. The Bertz CT molecular complexity index is 1170. The molecule has 0 fully saturated rings. The summed E-state index contributed by atoms with van der Waals surface area (Å²) < 4.78 is 17.0. The molecule has 0 radical (unpaired) electrons. The molecule has 4 aromatic rings. The number of rotatable bonds is 7. The molecule has 2 heterocycles. The smallest absolute Gasteiger partial charge is 0.232 e. The number of furan rings is 1. The fourth-order valence-electron chi connectivity index (χ4n) is 3.98. The van der Waals surface area contributed by atoms with Gasteiger partial charge in [0, 0.05) is 17.7 Å². The van der Waals surface area contributed by atoms with Crippen molar-refractivity contribution in [3.8, 4) is 11.5 Å². The Morgan fingerprint density at radius 3 is 2.25 bits per heavy atom. The maximum Gasteiger partial charge on any atom is 0.232 e. The summed E-state index contributed by atoms with van der Waals surface area (Å²) >= 11 is 0. The number of carbonyl (C=O) groups excluding carboxylic acids is 1. The summed E-state index contributed by atoms with van der Waals surface area (Å²) in [6.45, 7) is 1.34. The zero-order chi connectivity index (χ0) is 21.8. The summed E-state index contributed by atoms with van der Waals surface area (Å²) in [6, 6.07) is 27.2. The van der Waals surface area contributed by atoms with Crippen LogP contribution in [0.3, 0.4) is 0 Å². The fraction of sp³-hybridized carbons (Fsp3) is 0.148. The first-order chi connectivity index (χ1) is 15.8. The Balaban J connectivity index is 1.26. The molecule has 1 aliphatic heterocycles. The molecule has 0 spiro atoms. The number of nitrogens with one attached hydrogen (secondary N) is 1. The van der Waals surface area contributed by atoms with Crippen LogP contribution in [0.1, 0.15) is 33.9 Å². The van der Waals surface area contributed by atoms with Crippen molar-refractivity contribution in [3.05, 3.63) is 119 Å². The lowest BCUT2D eigenvalue weighted by Crippen LogP contribution is -2.31. The van der Waals surface area contributed by atoms with Gasteiger partial charge in [0.25, 0.3) is 0 Å². The van der Waals surface area contributed by atoms with Gasteiger partial charge in [-0.15, -0.1) is 0 Å². The van der Waals surface area contributed by atoms with Gasteiger partial charge in [0.15, 0.2) is 0 Å². The van der Waals surface area contributed by atoms with Gasteiger partial charge in [-0.25, -0.2) is 0 Å². The first-order valence-electron chi connectivity index (χ1n) is 10.6. The zero-order valence-electron chi connectivity index (χ0n) is 17.5. The lowest BCUT2D eigenvalue weighted by atomic mass is 9.87. The topological polar surface area (TPSA) is 60.7 Å². The molecule has 5 rings (SSSR count). The molecule has 0 saturated heterocycles. The van der Waals surface area contributed by atoms with E-state index in [0.717, 1.165) is 39.5 Å². The van der Waals surface area contributed by atoms with E-state index < -0.39 is 5.92 Å². The lowest BCUT2D eigenvalue weighted by molar-refractivity contribution is -0.122. The predicted octanol–water partition coefficient (Wildman–Crippen LogP) is 5.55. The molecule has 1 aliphatic rings. The molecule has 160 valence electrons. The van der Waals surface area contributed by atoms with Crippen LogP contribution < -0.4 is 10.1 Å². The van der Waals surface area contributed by atoms with E-state index >= 15 is 0 Å². The number of amides is 1. The highest BCUT2D eigenvalue weighted by atomic mass is 16.5. The minimum Gasteiger partial charge on any atom is -0.467 e. The molecule has 0 bridgehead atoms.